The molecule has 0 radical (unpaired) electrons. The summed E-state index contributed by atoms with van der Waals surface area (Å²) in [6, 6.07) is 5.92. The summed E-state index contributed by atoms with van der Waals surface area (Å²) < 4.78 is 13.1. The molecule has 1 unspecified atom stereocenters. The van der Waals surface area contributed by atoms with Gasteiger partial charge < -0.3 is 10.2 Å². The molecule has 1 heterocycles. The molecule has 94 valence electrons. The van der Waals surface area contributed by atoms with E-state index in [1.165, 1.54) is 0 Å². The highest BCUT2D eigenvalue weighted by molar-refractivity contribution is 7.99. The Bertz CT molecular complexity index is 384. The molecule has 2 nitrogen and oxygen atoms in total. The molecule has 0 bridgehead atoms. The molecule has 0 saturated carbocycles. The largest absolute Gasteiger partial charge is 0.314 e. The number of halogens is 1. The number of hydrogen-bond acceptors (Lipinski definition) is 3. The molecule has 0 spiro atoms. The first kappa shape index (κ1) is 12.9. The van der Waals surface area contributed by atoms with Crippen LogP contribution in [0, 0.1) is 12.7 Å². The van der Waals surface area contributed by atoms with Crippen LogP contribution in [0.15, 0.2) is 23.1 Å². The molecule has 1 atom stereocenters. The number of aryl methyl sites for hydroxylation is 1. The minimum Gasteiger partial charge on any atom is -0.314 e. The van der Waals surface area contributed by atoms with Crippen molar-refractivity contribution in [3.8, 4) is 0 Å². The monoisotopic (exact) mass is 254 g/mol. The molecule has 1 aliphatic heterocycles. The smallest absolute Gasteiger partial charge is 0.126 e. The van der Waals surface area contributed by atoms with E-state index in [2.05, 4.69) is 17.3 Å². The Kier molecular flexibility index (Phi) is 4.42. The van der Waals surface area contributed by atoms with E-state index >= 15 is 0 Å². The average molecular weight is 254 g/mol. The van der Waals surface area contributed by atoms with Crippen molar-refractivity contribution in [3.05, 3.63) is 29.6 Å². The van der Waals surface area contributed by atoms with E-state index in [4.69, 9.17) is 0 Å². The minimum absolute atomic E-state index is 0.120. The first-order chi connectivity index (χ1) is 8.16. The van der Waals surface area contributed by atoms with Gasteiger partial charge in [0.2, 0.25) is 0 Å². The molecular formula is C13H19FN2S. The van der Waals surface area contributed by atoms with E-state index < -0.39 is 0 Å². The minimum atomic E-state index is -0.120. The van der Waals surface area contributed by atoms with Gasteiger partial charge in [0.25, 0.3) is 0 Å². The van der Waals surface area contributed by atoms with Crippen molar-refractivity contribution in [1.29, 1.82) is 0 Å². The van der Waals surface area contributed by atoms with Crippen LogP contribution in [-0.2, 0) is 0 Å². The van der Waals surface area contributed by atoms with Crippen LogP contribution in [0.25, 0.3) is 0 Å². The lowest BCUT2D eigenvalue weighted by atomic mass is 10.2. The predicted molar refractivity (Wildman–Crippen MR) is 71.1 cm³/mol. The number of piperazine rings is 1. The van der Waals surface area contributed by atoms with E-state index in [0.29, 0.717) is 6.04 Å². The summed E-state index contributed by atoms with van der Waals surface area (Å²) in [4.78, 5) is 3.54. The normalized spacial score (nSPS) is 21.7. The zero-order valence-corrected chi connectivity index (χ0v) is 11.2. The summed E-state index contributed by atoms with van der Waals surface area (Å²) in [5, 5.41) is 3.41. The molecule has 1 aromatic carbocycles. The number of thioether (sulfide) groups is 1. The van der Waals surface area contributed by atoms with Gasteiger partial charge in [-0.1, -0.05) is 0 Å². The van der Waals surface area contributed by atoms with Gasteiger partial charge in [-0.15, -0.1) is 11.8 Å². The molecule has 2 rings (SSSR count). The van der Waals surface area contributed by atoms with Crippen LogP contribution < -0.4 is 5.32 Å². The van der Waals surface area contributed by atoms with Crippen molar-refractivity contribution < 1.29 is 4.39 Å². The maximum absolute atomic E-state index is 13.1. The molecule has 4 heteroatoms. The number of benzene rings is 1. The van der Waals surface area contributed by atoms with Crippen LogP contribution in [0.2, 0.25) is 0 Å². The van der Waals surface area contributed by atoms with Crippen LogP contribution >= 0.6 is 11.8 Å². The SMILES string of the molecule is Cc1cc(SCC2CNCCN2C)ccc1F. The fourth-order valence-corrected chi connectivity index (χ4v) is 3.13. The lowest BCUT2D eigenvalue weighted by molar-refractivity contribution is 0.218. The molecule has 17 heavy (non-hydrogen) atoms. The lowest BCUT2D eigenvalue weighted by Crippen LogP contribution is -2.50. The van der Waals surface area contributed by atoms with Gasteiger partial charge in [0.1, 0.15) is 5.82 Å². The van der Waals surface area contributed by atoms with Crippen LogP contribution in [0.1, 0.15) is 5.56 Å². The summed E-state index contributed by atoms with van der Waals surface area (Å²) >= 11 is 1.81. The molecule has 1 N–H and O–H groups in total. The Morgan fingerprint density at radius 2 is 2.35 bits per heavy atom. The third-order valence-electron chi connectivity index (χ3n) is 3.22. The molecule has 0 aliphatic carbocycles. The number of hydrogen-bond donors (Lipinski definition) is 1. The number of nitrogens with one attached hydrogen (secondary N) is 1. The van der Waals surface area contributed by atoms with Crippen molar-refractivity contribution in [2.75, 3.05) is 32.4 Å². The zero-order chi connectivity index (χ0) is 12.3. The number of rotatable bonds is 3. The highest BCUT2D eigenvalue weighted by Gasteiger charge is 2.18. The average Bonchev–Trinajstić information content (AvgIpc) is 2.32. The van der Waals surface area contributed by atoms with E-state index in [-0.39, 0.29) is 5.82 Å². The molecule has 1 aliphatic rings. The van der Waals surface area contributed by atoms with Gasteiger partial charge in [0.05, 0.1) is 0 Å². The van der Waals surface area contributed by atoms with Gasteiger partial charge in [-0.2, -0.15) is 0 Å². The van der Waals surface area contributed by atoms with E-state index in [9.17, 15) is 4.39 Å². The Morgan fingerprint density at radius 1 is 1.53 bits per heavy atom. The fourth-order valence-electron chi connectivity index (χ4n) is 1.95. The Labute approximate surface area is 107 Å². The van der Waals surface area contributed by atoms with Crippen molar-refractivity contribution in [3.63, 3.8) is 0 Å². The Hall–Kier alpha value is -0.580. The van der Waals surface area contributed by atoms with Crippen LogP contribution in [0.4, 0.5) is 4.39 Å². The molecule has 0 aromatic heterocycles. The maximum Gasteiger partial charge on any atom is 0.126 e. The first-order valence-corrected chi connectivity index (χ1v) is 6.95. The molecule has 1 fully saturated rings. The van der Waals surface area contributed by atoms with Crippen molar-refractivity contribution in [2.24, 2.45) is 0 Å². The van der Waals surface area contributed by atoms with E-state index in [1.54, 1.807) is 17.8 Å². The Balaban J connectivity index is 1.90. The van der Waals surface area contributed by atoms with E-state index in [0.717, 1.165) is 35.8 Å². The second-order valence-electron chi connectivity index (χ2n) is 4.56. The second kappa shape index (κ2) is 5.85. The summed E-state index contributed by atoms with van der Waals surface area (Å²) in [5.41, 5.74) is 0.727. The van der Waals surface area contributed by atoms with Crippen LogP contribution in [0.5, 0.6) is 0 Å². The molecule has 0 amide bonds. The molecule has 1 aromatic rings. The van der Waals surface area contributed by atoms with Gasteiger partial charge in [0.15, 0.2) is 0 Å². The first-order valence-electron chi connectivity index (χ1n) is 5.97. The highest BCUT2D eigenvalue weighted by atomic mass is 32.2. The highest BCUT2D eigenvalue weighted by Crippen LogP contribution is 2.22. The van der Waals surface area contributed by atoms with Crippen molar-refractivity contribution in [2.45, 2.75) is 17.9 Å². The zero-order valence-electron chi connectivity index (χ0n) is 10.4. The summed E-state index contributed by atoms with van der Waals surface area (Å²) in [5.74, 6) is 0.931. The van der Waals surface area contributed by atoms with Gasteiger partial charge >= 0.3 is 0 Å². The number of nitrogens with zero attached hydrogens (tertiary/aromatic N) is 1. The summed E-state index contributed by atoms with van der Waals surface area (Å²) in [6.07, 6.45) is 0. The van der Waals surface area contributed by atoms with Crippen LogP contribution in [-0.4, -0.2) is 43.4 Å². The summed E-state index contributed by atoms with van der Waals surface area (Å²) in [7, 11) is 2.17. The standard InChI is InChI=1S/C13H19FN2S/c1-10-7-12(3-4-13(10)14)17-9-11-8-15-5-6-16(11)2/h3-4,7,11,15H,5-6,8-9H2,1-2H3. The quantitative estimate of drug-likeness (QED) is 0.832. The predicted octanol–water partition coefficient (Wildman–Crippen LogP) is 2.13. The van der Waals surface area contributed by atoms with E-state index in [1.807, 2.05) is 19.1 Å². The third-order valence-corrected chi connectivity index (χ3v) is 4.36. The topological polar surface area (TPSA) is 15.3 Å². The Morgan fingerprint density at radius 3 is 3.06 bits per heavy atom. The van der Waals surface area contributed by atoms with Crippen molar-refractivity contribution >= 4 is 11.8 Å². The third kappa shape index (κ3) is 3.44. The second-order valence-corrected chi connectivity index (χ2v) is 5.65. The molecular weight excluding hydrogens is 235 g/mol. The lowest BCUT2D eigenvalue weighted by Gasteiger charge is -2.32. The van der Waals surface area contributed by atoms with Crippen LogP contribution in [0.3, 0.4) is 0 Å². The van der Waals surface area contributed by atoms with Gasteiger partial charge in [-0.3, -0.25) is 0 Å². The van der Waals surface area contributed by atoms with Gasteiger partial charge in [0, 0.05) is 36.3 Å². The number of likely N-dealkylation sites (N-methyl/N-ethyl adjacent to an activating group) is 1. The maximum atomic E-state index is 13.1. The summed E-state index contributed by atoms with van der Waals surface area (Å²) in [6.45, 7) is 5.04. The molecule has 1 saturated heterocycles. The van der Waals surface area contributed by atoms with Gasteiger partial charge in [-0.25, -0.2) is 4.39 Å². The van der Waals surface area contributed by atoms with Gasteiger partial charge in [-0.05, 0) is 37.7 Å². The fraction of sp³-hybridized carbons (Fsp3) is 0.538. The van der Waals surface area contributed by atoms with Crippen molar-refractivity contribution in [1.82, 2.24) is 10.2 Å².